The van der Waals surface area contributed by atoms with Crippen molar-refractivity contribution in [1.82, 2.24) is 10.1 Å². The van der Waals surface area contributed by atoms with Crippen molar-refractivity contribution in [3.63, 3.8) is 0 Å². The summed E-state index contributed by atoms with van der Waals surface area (Å²) in [4.78, 5) is 5.37. The van der Waals surface area contributed by atoms with Gasteiger partial charge in [-0.2, -0.15) is 4.98 Å². The Kier molecular flexibility index (Phi) is 5.02. The van der Waals surface area contributed by atoms with Crippen LogP contribution in [0.25, 0.3) is 0 Å². The fraction of sp³-hybridized carbons (Fsp3) is 0.231. The number of hydrogen-bond acceptors (Lipinski definition) is 5. The summed E-state index contributed by atoms with van der Waals surface area (Å²) >= 11 is 5.03. The molecule has 0 fully saturated rings. The third-order valence-electron chi connectivity index (χ3n) is 2.32. The van der Waals surface area contributed by atoms with E-state index in [-0.39, 0.29) is 6.04 Å². The van der Waals surface area contributed by atoms with E-state index in [0.29, 0.717) is 23.9 Å². The van der Waals surface area contributed by atoms with E-state index in [4.69, 9.17) is 16.7 Å². The number of hydrogen-bond donors (Lipinski definition) is 1. The van der Waals surface area contributed by atoms with Gasteiger partial charge in [-0.15, -0.1) is 24.1 Å². The van der Waals surface area contributed by atoms with Crippen molar-refractivity contribution in [2.24, 2.45) is 5.73 Å². The molecule has 1 heterocycles. The van der Waals surface area contributed by atoms with Gasteiger partial charge in [0.25, 0.3) is 0 Å². The SMILES string of the molecule is C#CCC(N)c1nc(CSc2ccc(Br)cc2)no1. The Balaban J connectivity index is 1.93. The van der Waals surface area contributed by atoms with Crippen molar-refractivity contribution in [2.45, 2.75) is 23.1 Å². The third kappa shape index (κ3) is 4.10. The van der Waals surface area contributed by atoms with Crippen LogP contribution in [0.15, 0.2) is 38.2 Å². The number of rotatable bonds is 5. The number of thioether (sulfide) groups is 1. The van der Waals surface area contributed by atoms with Crippen molar-refractivity contribution in [3.05, 3.63) is 40.5 Å². The van der Waals surface area contributed by atoms with Crippen molar-refractivity contribution in [3.8, 4) is 12.3 Å². The molecule has 0 aliphatic rings. The van der Waals surface area contributed by atoms with Crippen LogP contribution in [0.1, 0.15) is 24.2 Å². The molecule has 4 nitrogen and oxygen atoms in total. The first-order chi connectivity index (χ1) is 9.19. The highest BCUT2D eigenvalue weighted by Gasteiger charge is 2.13. The molecular formula is C13H12BrN3OS. The van der Waals surface area contributed by atoms with E-state index in [0.717, 1.165) is 9.37 Å². The van der Waals surface area contributed by atoms with E-state index in [1.54, 1.807) is 11.8 Å². The molecule has 6 heteroatoms. The Bertz CT molecular complexity index is 576. The Morgan fingerprint density at radius 1 is 1.42 bits per heavy atom. The molecule has 1 atom stereocenters. The molecular weight excluding hydrogens is 326 g/mol. The summed E-state index contributed by atoms with van der Waals surface area (Å²) in [5.41, 5.74) is 5.79. The molecule has 0 amide bonds. The Morgan fingerprint density at radius 3 is 2.84 bits per heavy atom. The van der Waals surface area contributed by atoms with E-state index in [1.165, 1.54) is 0 Å². The maximum atomic E-state index is 5.79. The standard InChI is InChI=1S/C13H12BrN3OS/c1-2-3-11(15)13-16-12(17-18-13)8-19-10-6-4-9(14)5-7-10/h1,4-7,11H,3,8,15H2. The summed E-state index contributed by atoms with van der Waals surface area (Å²) in [6, 6.07) is 7.66. The highest BCUT2D eigenvalue weighted by Crippen LogP contribution is 2.23. The fourth-order valence-corrected chi connectivity index (χ4v) is 2.38. The number of halogens is 1. The topological polar surface area (TPSA) is 64.9 Å². The molecule has 19 heavy (non-hydrogen) atoms. The van der Waals surface area contributed by atoms with Gasteiger partial charge in [-0.25, -0.2) is 0 Å². The second kappa shape index (κ2) is 6.75. The zero-order chi connectivity index (χ0) is 13.7. The fourth-order valence-electron chi connectivity index (χ4n) is 1.37. The number of terminal acetylenes is 1. The van der Waals surface area contributed by atoms with Crippen LogP contribution >= 0.6 is 27.7 Å². The van der Waals surface area contributed by atoms with Gasteiger partial charge in [0.2, 0.25) is 5.89 Å². The molecule has 0 saturated carbocycles. The summed E-state index contributed by atoms with van der Waals surface area (Å²) in [5.74, 6) is 4.12. The van der Waals surface area contributed by atoms with Crippen LogP contribution in [-0.2, 0) is 5.75 Å². The minimum atomic E-state index is -0.385. The second-order valence-corrected chi connectivity index (χ2v) is 5.77. The number of benzene rings is 1. The molecule has 0 radical (unpaired) electrons. The molecule has 0 aliphatic carbocycles. The first kappa shape index (κ1) is 14.1. The molecule has 0 bridgehead atoms. The molecule has 1 unspecified atom stereocenters. The van der Waals surface area contributed by atoms with Crippen molar-refractivity contribution >= 4 is 27.7 Å². The van der Waals surface area contributed by atoms with E-state index in [9.17, 15) is 0 Å². The van der Waals surface area contributed by atoms with Crippen LogP contribution in [0.5, 0.6) is 0 Å². The lowest BCUT2D eigenvalue weighted by Crippen LogP contribution is -2.09. The highest BCUT2D eigenvalue weighted by molar-refractivity contribution is 9.10. The van der Waals surface area contributed by atoms with Crippen LogP contribution < -0.4 is 5.73 Å². The molecule has 1 aromatic carbocycles. The average molecular weight is 338 g/mol. The van der Waals surface area contributed by atoms with Crippen molar-refractivity contribution < 1.29 is 4.52 Å². The van der Waals surface area contributed by atoms with Crippen LogP contribution in [0.4, 0.5) is 0 Å². The quantitative estimate of drug-likeness (QED) is 0.670. The summed E-state index contributed by atoms with van der Waals surface area (Å²) in [6.45, 7) is 0. The molecule has 2 N–H and O–H groups in total. The normalized spacial score (nSPS) is 12.1. The largest absolute Gasteiger partial charge is 0.338 e. The Morgan fingerprint density at radius 2 is 2.16 bits per heavy atom. The molecule has 0 spiro atoms. The van der Waals surface area contributed by atoms with Gasteiger partial charge in [0.15, 0.2) is 5.82 Å². The summed E-state index contributed by atoms with van der Waals surface area (Å²) in [6.07, 6.45) is 5.58. The molecule has 2 aromatic rings. The van der Waals surface area contributed by atoms with Gasteiger partial charge in [-0.3, -0.25) is 0 Å². The Labute approximate surface area is 124 Å². The summed E-state index contributed by atoms with van der Waals surface area (Å²) in [5, 5.41) is 3.89. The minimum absolute atomic E-state index is 0.385. The molecule has 1 aromatic heterocycles. The maximum Gasteiger partial charge on any atom is 0.244 e. The smallest absolute Gasteiger partial charge is 0.244 e. The molecule has 98 valence electrons. The van der Waals surface area contributed by atoms with Crippen LogP contribution in [0.2, 0.25) is 0 Å². The highest BCUT2D eigenvalue weighted by atomic mass is 79.9. The van der Waals surface area contributed by atoms with Gasteiger partial charge in [-0.1, -0.05) is 21.1 Å². The van der Waals surface area contributed by atoms with Crippen LogP contribution in [0.3, 0.4) is 0 Å². The van der Waals surface area contributed by atoms with Gasteiger partial charge >= 0.3 is 0 Å². The average Bonchev–Trinajstić information content (AvgIpc) is 2.87. The number of nitrogens with zero attached hydrogens (tertiary/aromatic N) is 2. The van der Waals surface area contributed by atoms with E-state index < -0.39 is 0 Å². The van der Waals surface area contributed by atoms with Crippen LogP contribution in [0, 0.1) is 12.3 Å². The predicted molar refractivity (Wildman–Crippen MR) is 78.4 cm³/mol. The van der Waals surface area contributed by atoms with Crippen molar-refractivity contribution in [1.29, 1.82) is 0 Å². The monoisotopic (exact) mass is 337 g/mol. The second-order valence-electron chi connectivity index (χ2n) is 3.81. The minimum Gasteiger partial charge on any atom is -0.338 e. The number of aromatic nitrogens is 2. The lowest BCUT2D eigenvalue weighted by Gasteiger charge is -1.99. The van der Waals surface area contributed by atoms with Crippen molar-refractivity contribution in [2.75, 3.05) is 0 Å². The van der Waals surface area contributed by atoms with Gasteiger partial charge in [0.05, 0.1) is 11.8 Å². The van der Waals surface area contributed by atoms with E-state index >= 15 is 0 Å². The van der Waals surface area contributed by atoms with Gasteiger partial charge in [0.1, 0.15) is 0 Å². The lowest BCUT2D eigenvalue weighted by molar-refractivity contribution is 0.353. The zero-order valence-electron chi connectivity index (χ0n) is 10.0. The van der Waals surface area contributed by atoms with Gasteiger partial charge in [-0.05, 0) is 24.3 Å². The predicted octanol–water partition coefficient (Wildman–Crippen LogP) is 3.15. The van der Waals surface area contributed by atoms with Crippen LogP contribution in [-0.4, -0.2) is 10.1 Å². The van der Waals surface area contributed by atoms with Gasteiger partial charge in [0, 0.05) is 15.8 Å². The maximum absolute atomic E-state index is 5.79. The Hall–Kier alpha value is -1.29. The molecule has 2 rings (SSSR count). The summed E-state index contributed by atoms with van der Waals surface area (Å²) in [7, 11) is 0. The summed E-state index contributed by atoms with van der Waals surface area (Å²) < 4.78 is 6.14. The third-order valence-corrected chi connectivity index (χ3v) is 3.86. The molecule has 0 saturated heterocycles. The van der Waals surface area contributed by atoms with E-state index in [1.807, 2.05) is 24.3 Å². The first-order valence-electron chi connectivity index (χ1n) is 5.59. The van der Waals surface area contributed by atoms with E-state index in [2.05, 4.69) is 32.0 Å². The van der Waals surface area contributed by atoms with Gasteiger partial charge < -0.3 is 10.3 Å². The first-order valence-corrected chi connectivity index (χ1v) is 7.37. The molecule has 0 aliphatic heterocycles. The number of nitrogens with two attached hydrogens (primary N) is 1. The zero-order valence-corrected chi connectivity index (χ0v) is 12.4. The lowest BCUT2D eigenvalue weighted by atomic mass is 10.2.